The van der Waals surface area contributed by atoms with Gasteiger partial charge in [0.2, 0.25) is 0 Å². The molecule has 1 heterocycles. The summed E-state index contributed by atoms with van der Waals surface area (Å²) in [6.07, 6.45) is 2.22. The van der Waals surface area contributed by atoms with E-state index in [1.165, 1.54) is 6.20 Å². The first kappa shape index (κ1) is 12.3. The molecule has 1 unspecified atom stereocenters. The summed E-state index contributed by atoms with van der Waals surface area (Å²) in [5.41, 5.74) is 1.41. The van der Waals surface area contributed by atoms with Crippen LogP contribution >= 0.6 is 0 Å². The van der Waals surface area contributed by atoms with Crippen LogP contribution in [0, 0.1) is 0 Å². The van der Waals surface area contributed by atoms with Gasteiger partial charge in [0, 0.05) is 18.4 Å². The van der Waals surface area contributed by atoms with E-state index < -0.39 is 12.1 Å². The molecule has 5 heteroatoms. The van der Waals surface area contributed by atoms with Gasteiger partial charge in [0.05, 0.1) is 11.9 Å². The molecule has 0 bridgehead atoms. The van der Waals surface area contributed by atoms with Gasteiger partial charge >= 0.3 is 5.97 Å². The van der Waals surface area contributed by atoms with Gasteiger partial charge in [-0.25, -0.2) is 9.48 Å². The number of carboxylic acid groups (broad SMARTS) is 1. The molecule has 0 saturated heterocycles. The molecule has 2 rings (SSSR count). The molecule has 0 aliphatic rings. The van der Waals surface area contributed by atoms with Gasteiger partial charge in [-0.3, -0.25) is 0 Å². The number of aromatic nitrogens is 2. The van der Waals surface area contributed by atoms with Crippen LogP contribution in [-0.4, -0.2) is 27.5 Å². The second-order valence-corrected chi connectivity index (χ2v) is 3.73. The number of carboxylic acids is 1. The van der Waals surface area contributed by atoms with Crippen LogP contribution in [0.4, 0.5) is 0 Å². The summed E-state index contributed by atoms with van der Waals surface area (Å²) in [6, 6.07) is 9.50. The van der Waals surface area contributed by atoms with Crippen molar-refractivity contribution in [3.8, 4) is 5.69 Å². The molecule has 0 fully saturated rings. The first-order chi connectivity index (χ1) is 8.72. The van der Waals surface area contributed by atoms with E-state index in [2.05, 4.69) is 5.10 Å². The Balaban J connectivity index is 2.27. The Morgan fingerprint density at radius 3 is 2.78 bits per heavy atom. The zero-order valence-electron chi connectivity index (χ0n) is 9.98. The minimum absolute atomic E-state index is 0.341. The summed E-state index contributed by atoms with van der Waals surface area (Å²) in [7, 11) is 0. The van der Waals surface area contributed by atoms with Crippen LogP contribution in [-0.2, 0) is 9.53 Å². The van der Waals surface area contributed by atoms with E-state index in [0.717, 1.165) is 5.69 Å². The summed E-state index contributed by atoms with van der Waals surface area (Å²) in [4.78, 5) is 11.1. The van der Waals surface area contributed by atoms with E-state index in [9.17, 15) is 4.79 Å². The molecular weight excluding hydrogens is 232 g/mol. The van der Waals surface area contributed by atoms with Crippen molar-refractivity contribution in [2.24, 2.45) is 0 Å². The molecule has 1 aromatic heterocycles. The second kappa shape index (κ2) is 5.46. The van der Waals surface area contributed by atoms with Crippen molar-refractivity contribution >= 4 is 5.97 Å². The van der Waals surface area contributed by atoms with Crippen LogP contribution in [0.15, 0.2) is 42.7 Å². The number of para-hydroxylation sites is 1. The summed E-state index contributed by atoms with van der Waals surface area (Å²) >= 11 is 0. The summed E-state index contributed by atoms with van der Waals surface area (Å²) in [6.45, 7) is 2.10. The van der Waals surface area contributed by atoms with Crippen molar-refractivity contribution in [1.29, 1.82) is 0 Å². The quantitative estimate of drug-likeness (QED) is 0.876. The maximum Gasteiger partial charge on any atom is 0.337 e. The highest BCUT2D eigenvalue weighted by atomic mass is 16.5. The van der Waals surface area contributed by atoms with Gasteiger partial charge in [-0.05, 0) is 19.1 Å². The predicted octanol–water partition coefficient (Wildman–Crippen LogP) is 2.03. The Morgan fingerprint density at radius 2 is 2.17 bits per heavy atom. The predicted molar refractivity (Wildman–Crippen MR) is 65.6 cm³/mol. The largest absolute Gasteiger partial charge is 0.479 e. The number of aliphatic carboxylic acids is 1. The standard InChI is InChI=1S/C13H14N2O3/c1-2-18-12(13(16)17)10-8-14-15(9-10)11-6-4-3-5-7-11/h3-9,12H,2H2,1H3,(H,16,17). The van der Waals surface area contributed by atoms with E-state index in [-0.39, 0.29) is 0 Å². The Morgan fingerprint density at radius 1 is 1.44 bits per heavy atom. The number of hydrogen-bond acceptors (Lipinski definition) is 3. The lowest BCUT2D eigenvalue weighted by molar-refractivity contribution is -0.150. The Bertz CT molecular complexity index is 522. The van der Waals surface area contributed by atoms with E-state index in [1.807, 2.05) is 30.3 Å². The minimum Gasteiger partial charge on any atom is -0.479 e. The summed E-state index contributed by atoms with van der Waals surface area (Å²) in [5, 5.41) is 13.2. The fraction of sp³-hybridized carbons (Fsp3) is 0.231. The maximum absolute atomic E-state index is 11.1. The highest BCUT2D eigenvalue weighted by molar-refractivity contribution is 5.74. The van der Waals surface area contributed by atoms with E-state index in [4.69, 9.17) is 9.84 Å². The maximum atomic E-state index is 11.1. The first-order valence-corrected chi connectivity index (χ1v) is 5.66. The molecule has 0 amide bonds. The average Bonchev–Trinajstić information content (AvgIpc) is 2.86. The Labute approximate surface area is 105 Å². The third-order valence-electron chi connectivity index (χ3n) is 2.48. The van der Waals surface area contributed by atoms with Crippen LogP contribution in [0.25, 0.3) is 5.69 Å². The second-order valence-electron chi connectivity index (χ2n) is 3.73. The molecule has 0 spiro atoms. The van der Waals surface area contributed by atoms with Gasteiger partial charge < -0.3 is 9.84 Å². The van der Waals surface area contributed by atoms with Crippen LogP contribution in [0.1, 0.15) is 18.6 Å². The number of ether oxygens (including phenoxy) is 1. The van der Waals surface area contributed by atoms with Gasteiger partial charge in [-0.15, -0.1) is 0 Å². The number of benzene rings is 1. The smallest absolute Gasteiger partial charge is 0.337 e. The van der Waals surface area contributed by atoms with Gasteiger partial charge in [-0.2, -0.15) is 5.10 Å². The highest BCUT2D eigenvalue weighted by Gasteiger charge is 2.21. The zero-order valence-corrected chi connectivity index (χ0v) is 9.98. The van der Waals surface area contributed by atoms with E-state index >= 15 is 0 Å². The molecule has 2 aromatic rings. The number of carbonyl (C=O) groups is 1. The molecule has 0 aliphatic carbocycles. The molecule has 0 radical (unpaired) electrons. The summed E-state index contributed by atoms with van der Waals surface area (Å²) < 4.78 is 6.82. The van der Waals surface area contributed by atoms with Crippen LogP contribution < -0.4 is 0 Å². The van der Waals surface area contributed by atoms with Gasteiger partial charge in [0.25, 0.3) is 0 Å². The number of rotatable bonds is 5. The minimum atomic E-state index is -1.01. The molecular formula is C13H14N2O3. The van der Waals surface area contributed by atoms with Crippen molar-refractivity contribution in [2.45, 2.75) is 13.0 Å². The van der Waals surface area contributed by atoms with Crippen LogP contribution in [0.3, 0.4) is 0 Å². The lowest BCUT2D eigenvalue weighted by Crippen LogP contribution is -2.14. The molecule has 5 nitrogen and oxygen atoms in total. The van der Waals surface area contributed by atoms with Gasteiger partial charge in [-0.1, -0.05) is 18.2 Å². The van der Waals surface area contributed by atoms with Crippen molar-refractivity contribution in [3.05, 3.63) is 48.3 Å². The van der Waals surface area contributed by atoms with E-state index in [0.29, 0.717) is 12.2 Å². The van der Waals surface area contributed by atoms with Crippen molar-refractivity contribution in [1.82, 2.24) is 9.78 Å². The monoisotopic (exact) mass is 246 g/mol. The molecule has 1 aromatic carbocycles. The molecule has 0 aliphatic heterocycles. The lowest BCUT2D eigenvalue weighted by Gasteiger charge is -2.09. The molecule has 1 atom stereocenters. The van der Waals surface area contributed by atoms with E-state index in [1.54, 1.807) is 17.8 Å². The van der Waals surface area contributed by atoms with Gasteiger partial charge in [0.1, 0.15) is 0 Å². The molecule has 1 N–H and O–H groups in total. The fourth-order valence-electron chi connectivity index (χ4n) is 1.67. The van der Waals surface area contributed by atoms with Crippen molar-refractivity contribution < 1.29 is 14.6 Å². The third kappa shape index (κ3) is 2.57. The Kier molecular flexibility index (Phi) is 3.74. The number of nitrogens with zero attached hydrogens (tertiary/aromatic N) is 2. The molecule has 94 valence electrons. The van der Waals surface area contributed by atoms with Crippen molar-refractivity contribution in [3.63, 3.8) is 0 Å². The van der Waals surface area contributed by atoms with Gasteiger partial charge in [0.15, 0.2) is 6.10 Å². The topological polar surface area (TPSA) is 64.3 Å². The SMILES string of the molecule is CCOC(C(=O)O)c1cnn(-c2ccccc2)c1. The van der Waals surface area contributed by atoms with Crippen LogP contribution in [0.2, 0.25) is 0 Å². The first-order valence-electron chi connectivity index (χ1n) is 5.66. The molecule has 18 heavy (non-hydrogen) atoms. The highest BCUT2D eigenvalue weighted by Crippen LogP contribution is 2.18. The normalized spacial score (nSPS) is 12.3. The third-order valence-corrected chi connectivity index (χ3v) is 2.48. The fourth-order valence-corrected chi connectivity index (χ4v) is 1.67. The van der Waals surface area contributed by atoms with Crippen molar-refractivity contribution in [2.75, 3.05) is 6.61 Å². The van der Waals surface area contributed by atoms with Crippen LogP contribution in [0.5, 0.6) is 0 Å². The lowest BCUT2D eigenvalue weighted by atomic mass is 10.2. The number of hydrogen-bond donors (Lipinski definition) is 1. The average molecular weight is 246 g/mol. The molecule has 0 saturated carbocycles. The Hall–Kier alpha value is -2.14. The summed E-state index contributed by atoms with van der Waals surface area (Å²) in [5.74, 6) is -1.01. The zero-order chi connectivity index (χ0) is 13.0.